The van der Waals surface area contributed by atoms with E-state index < -0.39 is 6.04 Å². The summed E-state index contributed by atoms with van der Waals surface area (Å²) in [6.07, 6.45) is 0.404. The maximum absolute atomic E-state index is 13.8. The zero-order chi connectivity index (χ0) is 27.5. The van der Waals surface area contributed by atoms with Gasteiger partial charge in [0.2, 0.25) is 11.8 Å². The summed E-state index contributed by atoms with van der Waals surface area (Å²) in [5, 5.41) is 4.18. The number of amides is 2. The number of ether oxygens (including phenoxy) is 1. The lowest BCUT2D eigenvalue weighted by molar-refractivity contribution is -0.139. The Morgan fingerprint density at radius 2 is 1.61 bits per heavy atom. The molecule has 0 fully saturated rings. The van der Waals surface area contributed by atoms with Gasteiger partial charge in [-0.2, -0.15) is 0 Å². The maximum atomic E-state index is 13.8. The summed E-state index contributed by atoms with van der Waals surface area (Å²) in [5.74, 6) is 1.34. The fraction of sp³-hybridized carbons (Fsp3) is 0.333. The van der Waals surface area contributed by atoms with Crippen molar-refractivity contribution in [3.63, 3.8) is 0 Å². The summed E-state index contributed by atoms with van der Waals surface area (Å²) < 4.78 is 5.39. The second-order valence-corrected chi connectivity index (χ2v) is 11.2. The second kappa shape index (κ2) is 15.1. The highest BCUT2D eigenvalue weighted by atomic mass is 35.5. The number of benzene rings is 3. The van der Waals surface area contributed by atoms with Crippen LogP contribution >= 0.6 is 35.0 Å². The molecule has 0 unspecified atom stereocenters. The number of halogens is 2. The van der Waals surface area contributed by atoms with Crippen LogP contribution in [0.2, 0.25) is 10.0 Å². The van der Waals surface area contributed by atoms with Crippen molar-refractivity contribution in [1.82, 2.24) is 10.2 Å². The zero-order valence-electron chi connectivity index (χ0n) is 22.0. The molecule has 5 nitrogen and oxygen atoms in total. The van der Waals surface area contributed by atoms with Crippen molar-refractivity contribution >= 4 is 46.8 Å². The van der Waals surface area contributed by atoms with Crippen LogP contribution in [0.1, 0.15) is 30.5 Å². The van der Waals surface area contributed by atoms with E-state index in [1.54, 1.807) is 30.2 Å². The molecule has 3 rings (SSSR count). The minimum Gasteiger partial charge on any atom is -0.497 e. The summed E-state index contributed by atoms with van der Waals surface area (Å²) in [6, 6.07) is 22.0. The molecule has 0 aromatic heterocycles. The van der Waals surface area contributed by atoms with Crippen molar-refractivity contribution in [2.75, 3.05) is 19.4 Å². The first-order valence-corrected chi connectivity index (χ1v) is 14.4. The molecule has 1 N–H and O–H groups in total. The molecule has 8 heteroatoms. The molecule has 0 saturated carbocycles. The monoisotopic (exact) mass is 572 g/mol. The Bertz CT molecular complexity index is 1190. The predicted molar refractivity (Wildman–Crippen MR) is 158 cm³/mol. The van der Waals surface area contributed by atoms with E-state index in [-0.39, 0.29) is 30.0 Å². The van der Waals surface area contributed by atoms with Crippen LogP contribution in [-0.4, -0.2) is 42.2 Å². The summed E-state index contributed by atoms with van der Waals surface area (Å²) in [7, 11) is 1.61. The van der Waals surface area contributed by atoms with Gasteiger partial charge in [0.25, 0.3) is 0 Å². The van der Waals surface area contributed by atoms with Gasteiger partial charge in [0.15, 0.2) is 0 Å². The minimum atomic E-state index is -0.681. The number of hydrogen-bond acceptors (Lipinski definition) is 4. The van der Waals surface area contributed by atoms with Crippen LogP contribution in [0.4, 0.5) is 0 Å². The molecule has 0 aliphatic carbocycles. The number of thioether (sulfide) groups is 1. The highest BCUT2D eigenvalue weighted by Crippen LogP contribution is 2.29. The van der Waals surface area contributed by atoms with Gasteiger partial charge in [-0.1, -0.05) is 85.6 Å². The van der Waals surface area contributed by atoms with E-state index in [1.807, 2.05) is 68.4 Å². The quantitative estimate of drug-likeness (QED) is 0.249. The Hall–Kier alpha value is -2.67. The molecular formula is C30H34Cl2N2O3S. The van der Waals surface area contributed by atoms with Crippen LogP contribution in [0.25, 0.3) is 0 Å². The van der Waals surface area contributed by atoms with E-state index in [0.717, 1.165) is 16.7 Å². The number of rotatable bonds is 13. The van der Waals surface area contributed by atoms with Gasteiger partial charge in [0, 0.05) is 35.3 Å². The van der Waals surface area contributed by atoms with E-state index in [2.05, 4.69) is 5.32 Å². The van der Waals surface area contributed by atoms with Crippen molar-refractivity contribution in [1.29, 1.82) is 0 Å². The number of carbonyl (C=O) groups excluding carboxylic acids is 2. The lowest BCUT2D eigenvalue weighted by Gasteiger charge is -2.32. The fourth-order valence-electron chi connectivity index (χ4n) is 3.94. The third-order valence-electron chi connectivity index (χ3n) is 5.98. The van der Waals surface area contributed by atoms with Gasteiger partial charge in [0.1, 0.15) is 11.8 Å². The van der Waals surface area contributed by atoms with E-state index in [4.69, 9.17) is 27.9 Å². The Morgan fingerprint density at radius 3 is 2.26 bits per heavy atom. The second-order valence-electron chi connectivity index (χ2n) is 9.41. The van der Waals surface area contributed by atoms with Crippen molar-refractivity contribution in [3.05, 3.63) is 99.5 Å². The lowest BCUT2D eigenvalue weighted by Crippen LogP contribution is -2.51. The van der Waals surface area contributed by atoms with Crippen LogP contribution in [-0.2, 0) is 28.3 Å². The molecule has 0 heterocycles. The van der Waals surface area contributed by atoms with E-state index in [0.29, 0.717) is 34.5 Å². The van der Waals surface area contributed by atoms with Gasteiger partial charge in [-0.3, -0.25) is 9.59 Å². The number of hydrogen-bond donors (Lipinski definition) is 1. The van der Waals surface area contributed by atoms with Crippen molar-refractivity contribution in [3.8, 4) is 5.75 Å². The van der Waals surface area contributed by atoms with Crippen molar-refractivity contribution in [2.24, 2.45) is 5.92 Å². The average molecular weight is 574 g/mol. The Morgan fingerprint density at radius 1 is 0.947 bits per heavy atom. The SMILES string of the molecule is COc1cccc(CN(C(=O)CSCc2c(Cl)cccc2Cl)[C@H](Cc2ccccc2)C(=O)NCC(C)C)c1. The van der Waals surface area contributed by atoms with E-state index in [9.17, 15) is 9.59 Å². The van der Waals surface area contributed by atoms with Gasteiger partial charge < -0.3 is 15.0 Å². The van der Waals surface area contributed by atoms with E-state index >= 15 is 0 Å². The zero-order valence-corrected chi connectivity index (χ0v) is 24.3. The Kier molecular flexibility index (Phi) is 11.8. The minimum absolute atomic E-state index is 0.137. The van der Waals surface area contributed by atoms with Crippen LogP contribution in [0, 0.1) is 5.92 Å². The molecule has 2 amide bonds. The topological polar surface area (TPSA) is 58.6 Å². The molecule has 202 valence electrons. The number of carbonyl (C=O) groups is 2. The van der Waals surface area contributed by atoms with Gasteiger partial charge in [-0.15, -0.1) is 11.8 Å². The molecule has 0 bridgehead atoms. The molecule has 3 aromatic carbocycles. The highest BCUT2D eigenvalue weighted by molar-refractivity contribution is 7.99. The van der Waals surface area contributed by atoms with Gasteiger partial charge >= 0.3 is 0 Å². The predicted octanol–water partition coefficient (Wildman–Crippen LogP) is 6.65. The third-order valence-corrected chi connectivity index (χ3v) is 7.63. The molecule has 1 atom stereocenters. The molecule has 0 spiro atoms. The van der Waals surface area contributed by atoms with Gasteiger partial charge in [-0.05, 0) is 46.9 Å². The Balaban J connectivity index is 1.88. The first-order chi connectivity index (χ1) is 18.3. The standard InChI is InChI=1S/C30H34Cl2N2O3S/c1-21(2)17-33-30(36)28(16-22-9-5-4-6-10-22)34(18-23-11-7-12-24(15-23)37-3)29(35)20-38-19-25-26(31)13-8-14-27(25)32/h4-15,21,28H,16-20H2,1-3H3,(H,33,36)/t28-/m1/s1. The molecule has 0 saturated heterocycles. The average Bonchev–Trinajstić information content (AvgIpc) is 2.91. The highest BCUT2D eigenvalue weighted by Gasteiger charge is 2.30. The molecular weight excluding hydrogens is 539 g/mol. The number of methoxy groups -OCH3 is 1. The fourth-order valence-corrected chi connectivity index (χ4v) is 5.58. The van der Waals surface area contributed by atoms with Crippen LogP contribution in [0.3, 0.4) is 0 Å². The largest absolute Gasteiger partial charge is 0.497 e. The number of nitrogens with one attached hydrogen (secondary N) is 1. The van der Waals surface area contributed by atoms with Crippen LogP contribution in [0.15, 0.2) is 72.8 Å². The van der Waals surface area contributed by atoms with Gasteiger partial charge in [0.05, 0.1) is 12.9 Å². The summed E-state index contributed by atoms with van der Waals surface area (Å²) >= 11 is 14.1. The first-order valence-electron chi connectivity index (χ1n) is 12.5. The number of nitrogens with zero attached hydrogens (tertiary/aromatic N) is 1. The molecule has 3 aromatic rings. The smallest absolute Gasteiger partial charge is 0.243 e. The molecule has 0 aliphatic heterocycles. The van der Waals surface area contributed by atoms with Crippen molar-refractivity contribution in [2.45, 2.75) is 38.6 Å². The molecule has 0 radical (unpaired) electrons. The summed E-state index contributed by atoms with van der Waals surface area (Å²) in [5.41, 5.74) is 2.66. The van der Waals surface area contributed by atoms with Crippen LogP contribution in [0.5, 0.6) is 5.75 Å². The van der Waals surface area contributed by atoms with Crippen LogP contribution < -0.4 is 10.1 Å². The lowest BCUT2D eigenvalue weighted by atomic mass is 10.0. The van der Waals surface area contributed by atoms with E-state index in [1.165, 1.54) is 11.8 Å². The molecule has 38 heavy (non-hydrogen) atoms. The summed E-state index contributed by atoms with van der Waals surface area (Å²) in [4.78, 5) is 29.0. The van der Waals surface area contributed by atoms with Gasteiger partial charge in [-0.25, -0.2) is 0 Å². The normalized spacial score (nSPS) is 11.7. The molecule has 0 aliphatic rings. The first kappa shape index (κ1) is 29.9. The van der Waals surface area contributed by atoms with Crippen molar-refractivity contribution < 1.29 is 14.3 Å². The third kappa shape index (κ3) is 8.97. The summed E-state index contributed by atoms with van der Waals surface area (Å²) in [6.45, 7) is 4.89. The Labute approximate surface area is 239 Å². The maximum Gasteiger partial charge on any atom is 0.243 e.